The van der Waals surface area contributed by atoms with Gasteiger partial charge in [-0.05, 0) is 20.3 Å². The van der Waals surface area contributed by atoms with E-state index in [0.717, 1.165) is 31.9 Å². The smallest absolute Gasteiger partial charge is 0.134 e. The van der Waals surface area contributed by atoms with Crippen molar-refractivity contribution in [2.75, 3.05) is 24.6 Å². The average Bonchev–Trinajstić information content (AvgIpc) is 2.41. The summed E-state index contributed by atoms with van der Waals surface area (Å²) in [5, 5.41) is 0.500. The van der Waals surface area contributed by atoms with Crippen molar-refractivity contribution in [2.24, 2.45) is 0 Å². The molecule has 1 aliphatic heterocycles. The van der Waals surface area contributed by atoms with Crippen LogP contribution in [0.3, 0.4) is 0 Å². The molecule has 5 heteroatoms. The fourth-order valence-electron chi connectivity index (χ4n) is 1.88. The van der Waals surface area contributed by atoms with Crippen LogP contribution in [0, 0.1) is 6.92 Å². The molecule has 2 rings (SSSR count). The van der Waals surface area contributed by atoms with Gasteiger partial charge >= 0.3 is 0 Å². The standard InChI is InChI=1S/C11H16ClN3O/c1-8-7-15(4-3-5-16-8)11-6-10(12)13-9(2)14-11/h6,8H,3-5,7H2,1-2H3. The van der Waals surface area contributed by atoms with Crippen molar-refractivity contribution in [3.63, 3.8) is 0 Å². The summed E-state index contributed by atoms with van der Waals surface area (Å²) in [6, 6.07) is 1.81. The average molecular weight is 242 g/mol. The fourth-order valence-corrected chi connectivity index (χ4v) is 2.10. The summed E-state index contributed by atoms with van der Waals surface area (Å²) >= 11 is 5.94. The first-order valence-corrected chi connectivity index (χ1v) is 5.90. The molecule has 0 aromatic carbocycles. The molecule has 1 aliphatic rings. The van der Waals surface area contributed by atoms with Crippen LogP contribution in [0.15, 0.2) is 6.07 Å². The van der Waals surface area contributed by atoms with Gasteiger partial charge in [0.2, 0.25) is 0 Å². The van der Waals surface area contributed by atoms with Gasteiger partial charge in [0.15, 0.2) is 0 Å². The molecule has 1 atom stereocenters. The van der Waals surface area contributed by atoms with Crippen LogP contribution in [0.4, 0.5) is 5.82 Å². The Balaban J connectivity index is 2.21. The van der Waals surface area contributed by atoms with Gasteiger partial charge < -0.3 is 9.64 Å². The van der Waals surface area contributed by atoms with Crippen LogP contribution in [0.2, 0.25) is 5.15 Å². The van der Waals surface area contributed by atoms with Crippen LogP contribution in [0.1, 0.15) is 19.2 Å². The summed E-state index contributed by atoms with van der Waals surface area (Å²) in [5.74, 6) is 1.61. The van der Waals surface area contributed by atoms with Crippen molar-refractivity contribution in [1.82, 2.24) is 9.97 Å². The van der Waals surface area contributed by atoms with E-state index < -0.39 is 0 Å². The Hall–Kier alpha value is -0.870. The zero-order valence-corrected chi connectivity index (χ0v) is 10.4. The van der Waals surface area contributed by atoms with Crippen LogP contribution >= 0.6 is 11.6 Å². The fraction of sp³-hybridized carbons (Fsp3) is 0.636. The number of hydrogen-bond donors (Lipinski definition) is 0. The maximum absolute atomic E-state index is 5.94. The van der Waals surface area contributed by atoms with Gasteiger partial charge in [-0.25, -0.2) is 9.97 Å². The molecular weight excluding hydrogens is 226 g/mol. The molecule has 0 aliphatic carbocycles. The number of nitrogens with zero attached hydrogens (tertiary/aromatic N) is 3. The second-order valence-corrected chi connectivity index (χ2v) is 4.46. The van der Waals surface area contributed by atoms with Gasteiger partial charge in [0.1, 0.15) is 16.8 Å². The lowest BCUT2D eigenvalue weighted by atomic mass is 10.3. The highest BCUT2D eigenvalue weighted by atomic mass is 35.5. The van der Waals surface area contributed by atoms with E-state index in [9.17, 15) is 0 Å². The summed E-state index contributed by atoms with van der Waals surface area (Å²) in [4.78, 5) is 10.7. The normalized spacial score (nSPS) is 21.9. The molecule has 0 spiro atoms. The van der Waals surface area contributed by atoms with E-state index in [1.807, 2.05) is 13.0 Å². The van der Waals surface area contributed by atoms with Crippen LogP contribution < -0.4 is 4.90 Å². The number of anilines is 1. The number of halogens is 1. The van der Waals surface area contributed by atoms with Crippen LogP contribution in [0.5, 0.6) is 0 Å². The number of aromatic nitrogens is 2. The molecule has 0 saturated carbocycles. The molecule has 2 heterocycles. The summed E-state index contributed by atoms with van der Waals surface area (Å²) in [6.45, 7) is 6.56. The molecule has 4 nitrogen and oxygen atoms in total. The molecule has 1 aromatic rings. The summed E-state index contributed by atoms with van der Waals surface area (Å²) in [6.07, 6.45) is 1.25. The predicted octanol–water partition coefficient (Wildman–Crippen LogP) is 2.05. The van der Waals surface area contributed by atoms with Crippen molar-refractivity contribution >= 4 is 17.4 Å². The molecule has 1 fully saturated rings. The van der Waals surface area contributed by atoms with E-state index in [0.29, 0.717) is 11.0 Å². The van der Waals surface area contributed by atoms with Gasteiger partial charge in [-0.2, -0.15) is 0 Å². The summed E-state index contributed by atoms with van der Waals surface area (Å²) < 4.78 is 5.60. The van der Waals surface area contributed by atoms with Crippen molar-refractivity contribution in [3.8, 4) is 0 Å². The Labute approximate surface area is 101 Å². The van der Waals surface area contributed by atoms with Crippen LogP contribution in [0.25, 0.3) is 0 Å². The maximum Gasteiger partial charge on any atom is 0.134 e. The van der Waals surface area contributed by atoms with Crippen LogP contribution in [-0.4, -0.2) is 35.8 Å². The molecule has 0 radical (unpaired) electrons. The summed E-state index contributed by atoms with van der Waals surface area (Å²) in [5.41, 5.74) is 0. The minimum atomic E-state index is 0.233. The first-order chi connectivity index (χ1) is 7.65. The van der Waals surface area contributed by atoms with E-state index in [1.165, 1.54) is 0 Å². The van der Waals surface area contributed by atoms with Gasteiger partial charge in [-0.15, -0.1) is 0 Å². The molecule has 0 N–H and O–H groups in total. The van der Waals surface area contributed by atoms with Crippen molar-refractivity contribution in [2.45, 2.75) is 26.4 Å². The number of rotatable bonds is 1. The van der Waals surface area contributed by atoms with E-state index in [4.69, 9.17) is 16.3 Å². The topological polar surface area (TPSA) is 38.2 Å². The predicted molar refractivity (Wildman–Crippen MR) is 64.0 cm³/mol. The molecule has 16 heavy (non-hydrogen) atoms. The lowest BCUT2D eigenvalue weighted by Gasteiger charge is -2.23. The van der Waals surface area contributed by atoms with E-state index in [1.54, 1.807) is 0 Å². The first kappa shape index (κ1) is 11.6. The molecular formula is C11H16ClN3O. The second-order valence-electron chi connectivity index (χ2n) is 4.08. The van der Waals surface area contributed by atoms with Gasteiger partial charge in [0.25, 0.3) is 0 Å². The van der Waals surface area contributed by atoms with Gasteiger partial charge in [0.05, 0.1) is 6.10 Å². The molecule has 0 amide bonds. The first-order valence-electron chi connectivity index (χ1n) is 5.53. The Morgan fingerprint density at radius 2 is 2.31 bits per heavy atom. The van der Waals surface area contributed by atoms with Crippen molar-refractivity contribution < 1.29 is 4.74 Å². The molecule has 0 bridgehead atoms. The highest BCUT2D eigenvalue weighted by molar-refractivity contribution is 6.29. The Morgan fingerprint density at radius 1 is 1.50 bits per heavy atom. The number of aryl methyl sites for hydroxylation is 1. The Bertz CT molecular complexity index is 352. The molecule has 1 aromatic heterocycles. The van der Waals surface area contributed by atoms with Gasteiger partial charge in [-0.3, -0.25) is 0 Å². The second kappa shape index (κ2) is 4.97. The Morgan fingerprint density at radius 3 is 3.06 bits per heavy atom. The third-order valence-corrected chi connectivity index (χ3v) is 2.76. The van der Waals surface area contributed by atoms with Crippen LogP contribution in [-0.2, 0) is 4.74 Å². The highest BCUT2D eigenvalue weighted by Crippen LogP contribution is 2.18. The molecule has 88 valence electrons. The van der Waals surface area contributed by atoms with E-state index >= 15 is 0 Å². The largest absolute Gasteiger partial charge is 0.377 e. The molecule has 1 saturated heterocycles. The van der Waals surface area contributed by atoms with Gasteiger partial charge in [-0.1, -0.05) is 11.6 Å². The molecule has 1 unspecified atom stereocenters. The zero-order valence-electron chi connectivity index (χ0n) is 9.61. The third kappa shape index (κ3) is 2.83. The SMILES string of the molecule is Cc1nc(Cl)cc(N2CCCOC(C)C2)n1. The van der Waals surface area contributed by atoms with Crippen molar-refractivity contribution in [3.05, 3.63) is 17.0 Å². The minimum Gasteiger partial charge on any atom is -0.377 e. The monoisotopic (exact) mass is 241 g/mol. The third-order valence-electron chi connectivity index (χ3n) is 2.57. The highest BCUT2D eigenvalue weighted by Gasteiger charge is 2.17. The zero-order chi connectivity index (χ0) is 11.5. The maximum atomic E-state index is 5.94. The quantitative estimate of drug-likeness (QED) is 0.706. The number of hydrogen-bond acceptors (Lipinski definition) is 4. The minimum absolute atomic E-state index is 0.233. The van der Waals surface area contributed by atoms with E-state index in [2.05, 4.69) is 21.8 Å². The lowest BCUT2D eigenvalue weighted by molar-refractivity contribution is 0.0820. The van der Waals surface area contributed by atoms with Crippen molar-refractivity contribution in [1.29, 1.82) is 0 Å². The lowest BCUT2D eigenvalue weighted by Crippen LogP contribution is -2.31. The van der Waals surface area contributed by atoms with Gasteiger partial charge in [0, 0.05) is 25.8 Å². The van der Waals surface area contributed by atoms with E-state index in [-0.39, 0.29) is 6.10 Å². The Kier molecular flexibility index (Phi) is 3.61. The number of ether oxygens (including phenoxy) is 1. The summed E-state index contributed by atoms with van der Waals surface area (Å²) in [7, 11) is 0.